The van der Waals surface area contributed by atoms with Crippen LogP contribution in [-0.4, -0.2) is 35.4 Å². The van der Waals surface area contributed by atoms with Crippen molar-refractivity contribution in [3.63, 3.8) is 0 Å². The maximum atomic E-state index is 11.9. The summed E-state index contributed by atoms with van der Waals surface area (Å²) in [5.41, 5.74) is 2.06. The summed E-state index contributed by atoms with van der Waals surface area (Å²) in [6.07, 6.45) is 7.06. The van der Waals surface area contributed by atoms with Crippen molar-refractivity contribution >= 4 is 11.6 Å². The molecule has 1 fully saturated rings. The van der Waals surface area contributed by atoms with Gasteiger partial charge in [-0.05, 0) is 37.8 Å². The predicted molar refractivity (Wildman–Crippen MR) is 67.9 cm³/mol. The van der Waals surface area contributed by atoms with Crippen molar-refractivity contribution in [3.05, 3.63) is 24.0 Å². The lowest BCUT2D eigenvalue weighted by Crippen LogP contribution is -2.39. The number of hydrogen-bond acceptors (Lipinski definition) is 3. The van der Waals surface area contributed by atoms with Crippen LogP contribution in [0, 0.1) is 6.92 Å². The molecule has 4 heteroatoms. The first-order chi connectivity index (χ1) is 8.27. The van der Waals surface area contributed by atoms with E-state index in [-0.39, 0.29) is 5.91 Å². The highest BCUT2D eigenvalue weighted by Crippen LogP contribution is 2.12. The fourth-order valence-corrected chi connectivity index (χ4v) is 2.10. The molecule has 2 heterocycles. The van der Waals surface area contributed by atoms with Gasteiger partial charge in [0, 0.05) is 31.2 Å². The Hall–Kier alpha value is -1.58. The van der Waals surface area contributed by atoms with Crippen LogP contribution in [0.25, 0.3) is 0 Å². The smallest absolute Gasteiger partial charge is 0.241 e. The number of nitrogens with one attached hydrogen (secondary N) is 1. The van der Waals surface area contributed by atoms with Gasteiger partial charge in [-0.2, -0.15) is 0 Å². The Bertz CT molecular complexity index is 386. The Morgan fingerprint density at radius 2 is 2.18 bits per heavy atom. The van der Waals surface area contributed by atoms with Crippen LogP contribution in [0.3, 0.4) is 0 Å². The number of amides is 1. The van der Waals surface area contributed by atoms with Gasteiger partial charge < -0.3 is 10.2 Å². The van der Waals surface area contributed by atoms with E-state index in [1.807, 2.05) is 17.9 Å². The summed E-state index contributed by atoms with van der Waals surface area (Å²) < 4.78 is 0. The van der Waals surface area contributed by atoms with Gasteiger partial charge in [0.15, 0.2) is 0 Å². The summed E-state index contributed by atoms with van der Waals surface area (Å²) in [7, 11) is 0. The molecule has 1 saturated heterocycles. The number of anilines is 1. The minimum atomic E-state index is 0.195. The largest absolute Gasteiger partial charge is 0.376 e. The van der Waals surface area contributed by atoms with Gasteiger partial charge in [-0.25, -0.2) is 0 Å². The van der Waals surface area contributed by atoms with Gasteiger partial charge >= 0.3 is 0 Å². The molecule has 1 N–H and O–H groups in total. The lowest BCUT2D eigenvalue weighted by molar-refractivity contribution is -0.130. The van der Waals surface area contributed by atoms with Gasteiger partial charge in [0.05, 0.1) is 6.54 Å². The molecule has 0 bridgehead atoms. The molecule has 0 saturated carbocycles. The Kier molecular flexibility index (Phi) is 3.96. The van der Waals surface area contributed by atoms with Gasteiger partial charge in [0.1, 0.15) is 0 Å². The van der Waals surface area contributed by atoms with E-state index in [0.29, 0.717) is 6.54 Å². The summed E-state index contributed by atoms with van der Waals surface area (Å²) in [4.78, 5) is 17.9. The second-order valence-electron chi connectivity index (χ2n) is 4.49. The summed E-state index contributed by atoms with van der Waals surface area (Å²) in [5.74, 6) is 0.195. The molecular formula is C13H19N3O. The zero-order valence-electron chi connectivity index (χ0n) is 10.3. The first kappa shape index (κ1) is 11.9. The van der Waals surface area contributed by atoms with Crippen LogP contribution in [0.15, 0.2) is 18.5 Å². The Labute approximate surface area is 102 Å². The van der Waals surface area contributed by atoms with Crippen molar-refractivity contribution in [2.75, 3.05) is 25.0 Å². The highest BCUT2D eigenvalue weighted by molar-refractivity contribution is 5.81. The summed E-state index contributed by atoms with van der Waals surface area (Å²) in [6.45, 7) is 4.19. The third kappa shape index (κ3) is 3.19. The minimum Gasteiger partial charge on any atom is -0.376 e. The molecule has 0 spiro atoms. The number of aryl methyl sites for hydroxylation is 1. The molecule has 1 aromatic rings. The first-order valence-corrected chi connectivity index (χ1v) is 6.19. The van der Waals surface area contributed by atoms with E-state index in [4.69, 9.17) is 0 Å². The topological polar surface area (TPSA) is 45.2 Å². The van der Waals surface area contributed by atoms with E-state index in [1.54, 1.807) is 12.4 Å². The molecule has 0 radical (unpaired) electrons. The summed E-state index contributed by atoms with van der Waals surface area (Å²) >= 11 is 0. The third-order valence-electron chi connectivity index (χ3n) is 3.16. The fourth-order valence-electron chi connectivity index (χ4n) is 2.10. The molecule has 0 atom stereocenters. The van der Waals surface area contributed by atoms with Crippen LogP contribution < -0.4 is 5.32 Å². The number of hydrogen-bond donors (Lipinski definition) is 1. The molecule has 2 rings (SSSR count). The van der Waals surface area contributed by atoms with Crippen molar-refractivity contribution in [2.24, 2.45) is 0 Å². The highest BCUT2D eigenvalue weighted by atomic mass is 16.2. The number of aromatic nitrogens is 1. The van der Waals surface area contributed by atoms with Crippen LogP contribution in [0.4, 0.5) is 5.69 Å². The maximum absolute atomic E-state index is 11.9. The maximum Gasteiger partial charge on any atom is 0.241 e. The van der Waals surface area contributed by atoms with E-state index in [2.05, 4.69) is 10.3 Å². The van der Waals surface area contributed by atoms with E-state index >= 15 is 0 Å². The Morgan fingerprint density at radius 1 is 1.41 bits per heavy atom. The molecule has 1 aromatic heterocycles. The number of piperidine rings is 1. The molecule has 1 amide bonds. The van der Waals surface area contributed by atoms with Crippen molar-refractivity contribution in [2.45, 2.75) is 26.2 Å². The van der Waals surface area contributed by atoms with E-state index < -0.39 is 0 Å². The lowest BCUT2D eigenvalue weighted by atomic mass is 10.1. The van der Waals surface area contributed by atoms with Crippen LogP contribution in [0.1, 0.15) is 24.8 Å². The molecule has 92 valence electrons. The van der Waals surface area contributed by atoms with Crippen LogP contribution in [0.2, 0.25) is 0 Å². The lowest BCUT2D eigenvalue weighted by Gasteiger charge is -2.27. The molecule has 4 nitrogen and oxygen atoms in total. The minimum absolute atomic E-state index is 0.195. The van der Waals surface area contributed by atoms with Gasteiger partial charge in [0.25, 0.3) is 0 Å². The molecule has 0 aromatic carbocycles. The zero-order chi connectivity index (χ0) is 12.1. The van der Waals surface area contributed by atoms with Crippen molar-refractivity contribution < 1.29 is 4.79 Å². The average Bonchev–Trinajstić information content (AvgIpc) is 2.38. The summed E-state index contributed by atoms with van der Waals surface area (Å²) in [5, 5.41) is 3.18. The van der Waals surface area contributed by atoms with Crippen LogP contribution in [-0.2, 0) is 4.79 Å². The van der Waals surface area contributed by atoms with E-state index in [9.17, 15) is 4.79 Å². The molecular weight excluding hydrogens is 214 g/mol. The Balaban J connectivity index is 1.85. The zero-order valence-corrected chi connectivity index (χ0v) is 10.3. The van der Waals surface area contributed by atoms with Gasteiger partial charge in [-0.3, -0.25) is 9.78 Å². The predicted octanol–water partition coefficient (Wildman–Crippen LogP) is 1.81. The normalized spacial score (nSPS) is 15.7. The quantitative estimate of drug-likeness (QED) is 0.866. The van der Waals surface area contributed by atoms with Gasteiger partial charge in [-0.1, -0.05) is 0 Å². The van der Waals surface area contributed by atoms with E-state index in [1.165, 1.54) is 6.42 Å². The molecule has 17 heavy (non-hydrogen) atoms. The second kappa shape index (κ2) is 5.66. The molecule has 1 aliphatic rings. The number of carbonyl (C=O) groups is 1. The van der Waals surface area contributed by atoms with Gasteiger partial charge in [0.2, 0.25) is 5.91 Å². The average molecular weight is 233 g/mol. The number of nitrogens with zero attached hydrogens (tertiary/aromatic N) is 2. The highest BCUT2D eigenvalue weighted by Gasteiger charge is 2.15. The van der Waals surface area contributed by atoms with Crippen molar-refractivity contribution in [1.82, 2.24) is 9.88 Å². The fraction of sp³-hybridized carbons (Fsp3) is 0.538. The van der Waals surface area contributed by atoms with Gasteiger partial charge in [-0.15, -0.1) is 0 Å². The summed E-state index contributed by atoms with van der Waals surface area (Å²) in [6, 6.07) is 1.90. The first-order valence-electron chi connectivity index (χ1n) is 6.19. The second-order valence-corrected chi connectivity index (χ2v) is 4.49. The number of likely N-dealkylation sites (tertiary alicyclic amines) is 1. The van der Waals surface area contributed by atoms with E-state index in [0.717, 1.165) is 37.2 Å². The number of rotatable bonds is 3. The Morgan fingerprint density at radius 3 is 2.88 bits per heavy atom. The van der Waals surface area contributed by atoms with Crippen molar-refractivity contribution in [3.8, 4) is 0 Å². The third-order valence-corrected chi connectivity index (χ3v) is 3.16. The molecule has 0 unspecified atom stereocenters. The monoisotopic (exact) mass is 233 g/mol. The molecule has 0 aliphatic carbocycles. The van der Waals surface area contributed by atoms with Crippen molar-refractivity contribution in [1.29, 1.82) is 0 Å². The number of carbonyl (C=O) groups excluding carboxylic acids is 1. The SMILES string of the molecule is Cc1cnccc1NCC(=O)N1CCCCC1. The van der Waals surface area contributed by atoms with Crippen LogP contribution in [0.5, 0.6) is 0 Å². The van der Waals surface area contributed by atoms with Crippen LogP contribution >= 0.6 is 0 Å². The molecule has 1 aliphatic heterocycles. The standard InChI is InChI=1S/C13H19N3O/c1-11-9-14-6-5-12(11)15-10-13(17)16-7-3-2-4-8-16/h5-6,9H,2-4,7-8,10H2,1H3,(H,14,15). The number of pyridine rings is 1.